The molecule has 13 heteroatoms. The predicted molar refractivity (Wildman–Crippen MR) is 151 cm³/mol. The molecule has 0 aliphatic carbocycles. The number of urea groups is 1. The van der Waals surface area contributed by atoms with E-state index in [4.69, 9.17) is 14.7 Å². The SMILES string of the molecule is CCNC(=O)Nc1cc(C2=NC(c3ccccn3)CS2)c(-c2nc(-c3ncccn3)c(C(=O)OCC)s2)cn1. The van der Waals surface area contributed by atoms with Gasteiger partial charge in [0.1, 0.15) is 27.4 Å². The van der Waals surface area contributed by atoms with Gasteiger partial charge in [0.05, 0.1) is 17.3 Å². The van der Waals surface area contributed by atoms with Gasteiger partial charge in [-0.05, 0) is 38.1 Å². The molecule has 1 atom stereocenters. The van der Waals surface area contributed by atoms with E-state index in [2.05, 4.69) is 30.6 Å². The van der Waals surface area contributed by atoms with E-state index in [1.165, 1.54) is 11.3 Å². The van der Waals surface area contributed by atoms with Crippen molar-refractivity contribution < 1.29 is 14.3 Å². The molecular formula is C26H24N8O3S2. The standard InChI is InChI=1S/C26H24N8O3S2/c1-3-27-26(36)33-19-12-15(23-32-18(14-38-23)17-8-5-6-9-28-17)16(13-31-19)24-34-20(22-29-10-7-11-30-22)21(39-24)25(35)37-4-2/h5-13,18H,3-4,14H2,1-2H3,(H2,27,31,33,36). The van der Waals surface area contributed by atoms with Gasteiger partial charge in [-0.25, -0.2) is 29.5 Å². The highest BCUT2D eigenvalue weighted by atomic mass is 32.2. The first-order valence-electron chi connectivity index (χ1n) is 12.2. The Kier molecular flexibility index (Phi) is 8.18. The van der Waals surface area contributed by atoms with Crippen LogP contribution in [0, 0.1) is 0 Å². The lowest BCUT2D eigenvalue weighted by Crippen LogP contribution is -2.28. The number of carbonyl (C=O) groups excluding carboxylic acids is 2. The number of aromatic nitrogens is 5. The number of nitrogens with one attached hydrogen (secondary N) is 2. The number of amides is 2. The summed E-state index contributed by atoms with van der Waals surface area (Å²) in [5, 5.41) is 6.74. The molecule has 5 rings (SSSR count). The highest BCUT2D eigenvalue weighted by Crippen LogP contribution is 2.39. The fraction of sp³-hybridized carbons (Fsp3) is 0.231. The molecule has 1 aliphatic rings. The Morgan fingerprint density at radius 1 is 1.05 bits per heavy atom. The zero-order chi connectivity index (χ0) is 27.2. The van der Waals surface area contributed by atoms with Gasteiger partial charge in [-0.3, -0.25) is 15.3 Å². The van der Waals surface area contributed by atoms with E-state index in [0.717, 1.165) is 16.3 Å². The lowest BCUT2D eigenvalue weighted by atomic mass is 10.1. The van der Waals surface area contributed by atoms with Gasteiger partial charge in [0.15, 0.2) is 5.82 Å². The maximum Gasteiger partial charge on any atom is 0.350 e. The second-order valence-electron chi connectivity index (χ2n) is 8.10. The molecule has 0 saturated carbocycles. The topological polar surface area (TPSA) is 144 Å². The quantitative estimate of drug-likeness (QED) is 0.295. The monoisotopic (exact) mass is 560 g/mol. The van der Waals surface area contributed by atoms with Crippen molar-refractivity contribution in [2.75, 3.05) is 24.2 Å². The van der Waals surface area contributed by atoms with Gasteiger partial charge < -0.3 is 10.1 Å². The lowest BCUT2D eigenvalue weighted by Gasteiger charge is -2.10. The van der Waals surface area contributed by atoms with Crippen molar-refractivity contribution >= 4 is 46.0 Å². The maximum absolute atomic E-state index is 12.8. The Labute approximate surface area is 232 Å². The number of thiazole rings is 1. The number of hydrogen-bond donors (Lipinski definition) is 2. The van der Waals surface area contributed by atoms with Crippen LogP contribution in [0.4, 0.5) is 10.6 Å². The molecule has 0 radical (unpaired) electrons. The van der Waals surface area contributed by atoms with E-state index in [1.807, 2.05) is 25.1 Å². The normalized spacial score (nSPS) is 14.5. The molecule has 4 aromatic rings. The molecule has 1 unspecified atom stereocenters. The van der Waals surface area contributed by atoms with E-state index >= 15 is 0 Å². The summed E-state index contributed by atoms with van der Waals surface area (Å²) in [6, 6.07) is 8.73. The molecular weight excluding hydrogens is 536 g/mol. The van der Waals surface area contributed by atoms with Gasteiger partial charge in [-0.2, -0.15) is 0 Å². The van der Waals surface area contributed by atoms with Crippen LogP contribution in [0.1, 0.15) is 40.8 Å². The molecule has 0 aromatic carbocycles. The van der Waals surface area contributed by atoms with Crippen LogP contribution in [0.3, 0.4) is 0 Å². The van der Waals surface area contributed by atoms with Gasteiger partial charge in [0.2, 0.25) is 0 Å². The van der Waals surface area contributed by atoms with E-state index < -0.39 is 5.97 Å². The Balaban J connectivity index is 1.61. The van der Waals surface area contributed by atoms with Crippen molar-refractivity contribution in [2.24, 2.45) is 4.99 Å². The van der Waals surface area contributed by atoms with Crippen LogP contribution in [0.15, 0.2) is 60.1 Å². The van der Waals surface area contributed by atoms with Gasteiger partial charge in [0.25, 0.3) is 0 Å². The molecule has 39 heavy (non-hydrogen) atoms. The van der Waals surface area contributed by atoms with Crippen LogP contribution < -0.4 is 10.6 Å². The largest absolute Gasteiger partial charge is 0.462 e. The van der Waals surface area contributed by atoms with Gasteiger partial charge in [0, 0.05) is 48.2 Å². The molecule has 0 bridgehead atoms. The van der Waals surface area contributed by atoms with Gasteiger partial charge in [-0.1, -0.05) is 6.07 Å². The molecule has 5 heterocycles. The Morgan fingerprint density at radius 3 is 2.62 bits per heavy atom. The molecule has 4 aromatic heterocycles. The third-order valence-electron chi connectivity index (χ3n) is 5.49. The van der Waals surface area contributed by atoms with Crippen LogP contribution in [0.2, 0.25) is 0 Å². The summed E-state index contributed by atoms with van der Waals surface area (Å²) in [7, 11) is 0. The third kappa shape index (κ3) is 5.94. The number of esters is 1. The van der Waals surface area contributed by atoms with Gasteiger partial charge in [-0.15, -0.1) is 23.1 Å². The Hall–Kier alpha value is -4.23. The number of aliphatic imine (C=N–C) groups is 1. The number of pyridine rings is 2. The van der Waals surface area contributed by atoms with Gasteiger partial charge >= 0.3 is 12.0 Å². The van der Waals surface area contributed by atoms with E-state index in [0.29, 0.717) is 45.1 Å². The lowest BCUT2D eigenvalue weighted by molar-refractivity contribution is 0.0532. The number of nitrogens with zero attached hydrogens (tertiary/aromatic N) is 6. The second kappa shape index (κ2) is 12.1. The van der Waals surface area contributed by atoms with Crippen LogP contribution >= 0.6 is 23.1 Å². The van der Waals surface area contributed by atoms with Crippen LogP contribution in [-0.2, 0) is 4.74 Å². The molecule has 2 N–H and O–H groups in total. The summed E-state index contributed by atoms with van der Waals surface area (Å²) < 4.78 is 5.29. The number of hydrogen-bond acceptors (Lipinski definition) is 11. The number of thioether (sulfide) groups is 1. The highest BCUT2D eigenvalue weighted by molar-refractivity contribution is 8.14. The van der Waals surface area contributed by atoms with E-state index in [1.54, 1.807) is 55.6 Å². The summed E-state index contributed by atoms with van der Waals surface area (Å²) >= 11 is 2.75. The summed E-state index contributed by atoms with van der Waals surface area (Å²) in [5.41, 5.74) is 2.59. The minimum absolute atomic E-state index is 0.119. The number of carbonyl (C=O) groups is 2. The maximum atomic E-state index is 12.8. The summed E-state index contributed by atoms with van der Waals surface area (Å²) in [6.07, 6.45) is 6.55. The zero-order valence-corrected chi connectivity index (χ0v) is 22.8. The zero-order valence-electron chi connectivity index (χ0n) is 21.1. The number of ether oxygens (including phenoxy) is 1. The molecule has 2 amide bonds. The van der Waals surface area contributed by atoms with Crippen molar-refractivity contribution in [3.63, 3.8) is 0 Å². The van der Waals surface area contributed by atoms with Crippen molar-refractivity contribution in [1.29, 1.82) is 0 Å². The first-order valence-corrected chi connectivity index (χ1v) is 14.0. The fourth-order valence-corrected chi connectivity index (χ4v) is 5.85. The minimum Gasteiger partial charge on any atom is -0.462 e. The molecule has 0 saturated heterocycles. The number of rotatable bonds is 8. The first-order chi connectivity index (χ1) is 19.1. The fourth-order valence-electron chi connectivity index (χ4n) is 3.78. The summed E-state index contributed by atoms with van der Waals surface area (Å²) in [6.45, 7) is 4.27. The van der Waals surface area contributed by atoms with Crippen molar-refractivity contribution in [3.05, 3.63) is 71.3 Å². The average Bonchev–Trinajstić information content (AvgIpc) is 3.63. The molecule has 11 nitrogen and oxygen atoms in total. The Morgan fingerprint density at radius 2 is 1.87 bits per heavy atom. The van der Waals surface area contributed by atoms with Crippen LogP contribution in [0.25, 0.3) is 22.1 Å². The molecule has 1 aliphatic heterocycles. The van der Waals surface area contributed by atoms with Crippen molar-refractivity contribution in [3.8, 4) is 22.1 Å². The van der Waals surface area contributed by atoms with Crippen LogP contribution in [-0.4, -0.2) is 60.9 Å². The number of anilines is 1. The third-order valence-corrected chi connectivity index (χ3v) is 7.64. The molecule has 198 valence electrons. The van der Waals surface area contributed by atoms with Crippen molar-refractivity contribution in [2.45, 2.75) is 19.9 Å². The van der Waals surface area contributed by atoms with Crippen molar-refractivity contribution in [1.82, 2.24) is 30.2 Å². The second-order valence-corrected chi connectivity index (χ2v) is 10.1. The first kappa shape index (κ1) is 26.4. The average molecular weight is 561 g/mol. The minimum atomic E-state index is -0.504. The van der Waals surface area contributed by atoms with Crippen LogP contribution in [0.5, 0.6) is 0 Å². The smallest absolute Gasteiger partial charge is 0.350 e. The Bertz CT molecular complexity index is 1510. The van der Waals surface area contributed by atoms with E-state index in [9.17, 15) is 9.59 Å². The summed E-state index contributed by atoms with van der Waals surface area (Å²) in [5.74, 6) is 0.880. The van der Waals surface area contributed by atoms with E-state index in [-0.39, 0.29) is 18.7 Å². The highest BCUT2D eigenvalue weighted by Gasteiger charge is 2.28. The summed E-state index contributed by atoms with van der Waals surface area (Å²) in [4.78, 5) is 52.5. The predicted octanol–water partition coefficient (Wildman–Crippen LogP) is 4.61. The molecule has 0 fully saturated rings. The molecule has 0 spiro atoms.